The lowest BCUT2D eigenvalue weighted by atomic mass is 10.2. The van der Waals surface area contributed by atoms with Crippen LogP contribution in [0, 0.1) is 0 Å². The maximum Gasteiger partial charge on any atom is 0.418 e. The van der Waals surface area contributed by atoms with Crippen LogP contribution in [0.1, 0.15) is 5.56 Å². The second-order valence-corrected chi connectivity index (χ2v) is 7.18. The van der Waals surface area contributed by atoms with E-state index in [9.17, 15) is 21.6 Å². The highest BCUT2D eigenvalue weighted by atomic mass is 32.2. The summed E-state index contributed by atoms with van der Waals surface area (Å²) in [6.45, 7) is 0. The Kier molecular flexibility index (Phi) is 4.49. The number of nitrogens with one attached hydrogen (secondary N) is 1. The Labute approximate surface area is 148 Å². The number of alkyl halides is 3. The first kappa shape index (κ1) is 18.0. The molecule has 0 saturated carbocycles. The van der Waals surface area contributed by atoms with Gasteiger partial charge < -0.3 is 0 Å². The van der Waals surface area contributed by atoms with Gasteiger partial charge >= 0.3 is 6.18 Å². The SMILES string of the molecule is Cn1cc(S(=O)(=O)Nc2ccccc2C(F)(F)F)c(-c2ccccc2)n1. The third-order valence-electron chi connectivity index (χ3n) is 3.61. The minimum absolute atomic E-state index is 0.157. The molecule has 3 aromatic rings. The second kappa shape index (κ2) is 6.49. The quantitative estimate of drug-likeness (QED) is 0.745. The van der Waals surface area contributed by atoms with Crippen LogP contribution in [0.25, 0.3) is 11.3 Å². The highest BCUT2D eigenvalue weighted by Gasteiger charge is 2.35. The highest BCUT2D eigenvalue weighted by molar-refractivity contribution is 7.92. The average Bonchev–Trinajstić information content (AvgIpc) is 2.98. The summed E-state index contributed by atoms with van der Waals surface area (Å²) in [5.41, 5.74) is -0.903. The van der Waals surface area contributed by atoms with E-state index in [4.69, 9.17) is 0 Å². The number of nitrogens with zero attached hydrogens (tertiary/aromatic N) is 2. The van der Waals surface area contributed by atoms with Crippen LogP contribution in [0.15, 0.2) is 65.7 Å². The molecule has 1 aromatic heterocycles. The fraction of sp³-hybridized carbons (Fsp3) is 0.118. The average molecular weight is 381 g/mol. The first-order chi connectivity index (χ1) is 12.2. The summed E-state index contributed by atoms with van der Waals surface area (Å²) < 4.78 is 68.2. The number of aromatic nitrogens is 2. The summed E-state index contributed by atoms with van der Waals surface area (Å²) in [5, 5.41) is 4.14. The number of benzene rings is 2. The van der Waals surface area contributed by atoms with E-state index in [1.807, 2.05) is 4.72 Å². The Balaban J connectivity index is 2.07. The summed E-state index contributed by atoms with van der Waals surface area (Å²) in [4.78, 5) is -0.205. The highest BCUT2D eigenvalue weighted by Crippen LogP contribution is 2.36. The van der Waals surface area contributed by atoms with Crippen LogP contribution in [-0.4, -0.2) is 18.2 Å². The molecule has 0 bridgehead atoms. The molecule has 0 fully saturated rings. The van der Waals surface area contributed by atoms with Crippen molar-refractivity contribution >= 4 is 15.7 Å². The van der Waals surface area contributed by atoms with E-state index in [1.54, 1.807) is 30.3 Å². The number of para-hydroxylation sites is 1. The molecular formula is C17H14F3N3O2S. The minimum Gasteiger partial charge on any atom is -0.279 e. The molecule has 5 nitrogen and oxygen atoms in total. The number of halogens is 3. The lowest BCUT2D eigenvalue weighted by molar-refractivity contribution is -0.136. The van der Waals surface area contributed by atoms with Gasteiger partial charge in [0.2, 0.25) is 0 Å². The Hall–Kier alpha value is -2.81. The molecule has 0 spiro atoms. The fourth-order valence-corrected chi connectivity index (χ4v) is 3.76. The predicted molar refractivity (Wildman–Crippen MR) is 90.9 cm³/mol. The summed E-state index contributed by atoms with van der Waals surface area (Å²) in [6, 6.07) is 12.9. The van der Waals surface area contributed by atoms with E-state index in [0.717, 1.165) is 12.1 Å². The number of aryl methyl sites for hydroxylation is 1. The first-order valence-electron chi connectivity index (χ1n) is 7.46. The van der Waals surface area contributed by atoms with Crippen LogP contribution in [0.2, 0.25) is 0 Å². The van der Waals surface area contributed by atoms with Gasteiger partial charge in [0.25, 0.3) is 10.0 Å². The Morgan fingerprint density at radius 3 is 2.27 bits per heavy atom. The van der Waals surface area contributed by atoms with Crippen molar-refractivity contribution in [3.8, 4) is 11.3 Å². The molecule has 26 heavy (non-hydrogen) atoms. The Morgan fingerprint density at radius 1 is 1.00 bits per heavy atom. The van der Waals surface area contributed by atoms with E-state index in [2.05, 4.69) is 5.10 Å². The third-order valence-corrected chi connectivity index (χ3v) is 4.98. The van der Waals surface area contributed by atoms with Crippen LogP contribution in [-0.2, 0) is 23.2 Å². The van der Waals surface area contributed by atoms with Crippen molar-refractivity contribution < 1.29 is 21.6 Å². The van der Waals surface area contributed by atoms with Crippen LogP contribution in [0.3, 0.4) is 0 Å². The van der Waals surface area contributed by atoms with Gasteiger partial charge in [-0.25, -0.2) is 8.42 Å². The topological polar surface area (TPSA) is 64.0 Å². The second-order valence-electron chi connectivity index (χ2n) is 5.53. The number of rotatable bonds is 4. The zero-order chi connectivity index (χ0) is 18.9. The molecule has 0 amide bonds. The van der Waals surface area contributed by atoms with Gasteiger partial charge in [-0.1, -0.05) is 42.5 Å². The van der Waals surface area contributed by atoms with E-state index in [1.165, 1.54) is 30.1 Å². The van der Waals surface area contributed by atoms with Gasteiger partial charge in [-0.15, -0.1) is 0 Å². The van der Waals surface area contributed by atoms with Gasteiger partial charge in [0.15, 0.2) is 0 Å². The molecule has 0 aliphatic carbocycles. The molecule has 2 aromatic carbocycles. The number of sulfonamides is 1. The zero-order valence-corrected chi connectivity index (χ0v) is 14.3. The molecule has 0 radical (unpaired) electrons. The first-order valence-corrected chi connectivity index (χ1v) is 8.95. The van der Waals surface area contributed by atoms with Crippen molar-refractivity contribution in [2.45, 2.75) is 11.1 Å². The lowest BCUT2D eigenvalue weighted by Gasteiger charge is -2.14. The van der Waals surface area contributed by atoms with Gasteiger partial charge in [-0.2, -0.15) is 18.3 Å². The predicted octanol–water partition coefficient (Wildman–Crippen LogP) is 3.91. The summed E-state index contributed by atoms with van der Waals surface area (Å²) in [5.74, 6) is 0. The van der Waals surface area contributed by atoms with Crippen LogP contribution < -0.4 is 4.72 Å². The molecule has 1 heterocycles. The lowest BCUT2D eigenvalue weighted by Crippen LogP contribution is -2.17. The molecule has 136 valence electrons. The van der Waals surface area contributed by atoms with Gasteiger partial charge in [0.05, 0.1) is 11.3 Å². The molecular weight excluding hydrogens is 367 g/mol. The zero-order valence-electron chi connectivity index (χ0n) is 13.5. The fourth-order valence-electron chi connectivity index (χ4n) is 2.48. The molecule has 0 atom stereocenters. The largest absolute Gasteiger partial charge is 0.418 e. The van der Waals surface area contributed by atoms with E-state index in [0.29, 0.717) is 5.56 Å². The van der Waals surface area contributed by atoms with Crippen molar-refractivity contribution in [1.82, 2.24) is 9.78 Å². The monoisotopic (exact) mass is 381 g/mol. The Bertz CT molecular complexity index is 1030. The smallest absolute Gasteiger partial charge is 0.279 e. The number of hydrogen-bond donors (Lipinski definition) is 1. The Morgan fingerprint density at radius 2 is 1.62 bits per heavy atom. The van der Waals surface area contributed by atoms with E-state index in [-0.39, 0.29) is 10.6 Å². The van der Waals surface area contributed by atoms with Gasteiger partial charge in [-0.3, -0.25) is 9.40 Å². The maximum absolute atomic E-state index is 13.1. The van der Waals surface area contributed by atoms with Crippen molar-refractivity contribution in [3.05, 3.63) is 66.4 Å². The molecule has 3 rings (SSSR count). The normalized spacial score (nSPS) is 12.2. The minimum atomic E-state index is -4.68. The van der Waals surface area contributed by atoms with Gasteiger partial charge in [0, 0.05) is 18.8 Å². The summed E-state index contributed by atoms with van der Waals surface area (Å²) in [7, 11) is -2.75. The molecule has 9 heteroatoms. The van der Waals surface area contributed by atoms with Crippen LogP contribution >= 0.6 is 0 Å². The molecule has 1 N–H and O–H groups in total. The molecule has 0 aliphatic rings. The van der Waals surface area contributed by atoms with Crippen molar-refractivity contribution in [3.63, 3.8) is 0 Å². The van der Waals surface area contributed by atoms with Crippen LogP contribution in [0.5, 0.6) is 0 Å². The maximum atomic E-state index is 13.1. The standard InChI is InChI=1S/C17H14F3N3O2S/c1-23-11-15(16(21-23)12-7-3-2-4-8-12)26(24,25)22-14-10-6-5-9-13(14)17(18,19)20/h2-11,22H,1H3. The van der Waals surface area contributed by atoms with Gasteiger partial charge in [-0.05, 0) is 12.1 Å². The summed E-state index contributed by atoms with van der Waals surface area (Å²) in [6.07, 6.45) is -3.43. The number of hydrogen-bond acceptors (Lipinski definition) is 3. The van der Waals surface area contributed by atoms with Gasteiger partial charge in [0.1, 0.15) is 10.6 Å². The van der Waals surface area contributed by atoms with Crippen molar-refractivity contribution in [2.24, 2.45) is 7.05 Å². The van der Waals surface area contributed by atoms with E-state index < -0.39 is 27.5 Å². The van der Waals surface area contributed by atoms with Crippen molar-refractivity contribution in [1.29, 1.82) is 0 Å². The molecule has 0 aliphatic heterocycles. The van der Waals surface area contributed by atoms with Crippen LogP contribution in [0.4, 0.5) is 18.9 Å². The van der Waals surface area contributed by atoms with E-state index >= 15 is 0 Å². The number of anilines is 1. The molecule has 0 unspecified atom stereocenters. The van der Waals surface area contributed by atoms with Crippen molar-refractivity contribution in [2.75, 3.05) is 4.72 Å². The molecule has 0 saturated heterocycles. The third kappa shape index (κ3) is 3.57. The summed E-state index contributed by atoms with van der Waals surface area (Å²) >= 11 is 0.